The zero-order valence-electron chi connectivity index (χ0n) is 17.8. The van der Waals surface area contributed by atoms with Crippen molar-refractivity contribution < 1.29 is 9.59 Å². The lowest BCUT2D eigenvalue weighted by atomic mass is 9.99. The van der Waals surface area contributed by atoms with Gasteiger partial charge in [-0.25, -0.2) is 9.48 Å². The zero-order chi connectivity index (χ0) is 21.9. The fourth-order valence-corrected chi connectivity index (χ4v) is 4.28. The first-order valence-electron chi connectivity index (χ1n) is 11.0. The molecule has 8 nitrogen and oxygen atoms in total. The van der Waals surface area contributed by atoms with E-state index in [1.54, 1.807) is 4.90 Å². The molecule has 32 heavy (non-hydrogen) atoms. The van der Waals surface area contributed by atoms with E-state index in [4.69, 9.17) is 0 Å². The predicted octanol–water partition coefficient (Wildman–Crippen LogP) is 2.76. The van der Waals surface area contributed by atoms with Gasteiger partial charge in [0, 0.05) is 26.1 Å². The Labute approximate surface area is 186 Å². The first-order valence-corrected chi connectivity index (χ1v) is 11.0. The minimum Gasteiger partial charge on any atom is -0.337 e. The van der Waals surface area contributed by atoms with Crippen molar-refractivity contribution in [2.75, 3.05) is 19.6 Å². The number of carbonyl (C=O) groups excluding carboxylic acids is 2. The summed E-state index contributed by atoms with van der Waals surface area (Å²) < 4.78 is 1.81. The number of carbonyl (C=O) groups is 2. The van der Waals surface area contributed by atoms with Crippen LogP contribution in [0.3, 0.4) is 0 Å². The molecule has 0 bridgehead atoms. The molecule has 0 saturated carbocycles. The molecule has 0 radical (unpaired) electrons. The highest BCUT2D eigenvalue weighted by Gasteiger charge is 2.34. The van der Waals surface area contributed by atoms with Crippen LogP contribution < -0.4 is 5.32 Å². The lowest BCUT2D eigenvalue weighted by Crippen LogP contribution is -2.55. The monoisotopic (exact) mass is 430 g/mol. The molecule has 5 rings (SSSR count). The Balaban J connectivity index is 1.20. The molecule has 2 aromatic carbocycles. The maximum atomic E-state index is 13.0. The smallest absolute Gasteiger partial charge is 0.318 e. The van der Waals surface area contributed by atoms with Crippen LogP contribution >= 0.6 is 0 Å². The normalized spacial score (nSPS) is 16.5. The van der Waals surface area contributed by atoms with Crippen molar-refractivity contribution in [3.8, 4) is 0 Å². The molecule has 3 aromatic rings. The van der Waals surface area contributed by atoms with E-state index in [9.17, 15) is 9.59 Å². The standard InChI is InChI=1S/C24H26N6O2/c31-22-12-7-13-28(22)14-20-15-30(27-26-20)21-16-29(17-21)24(32)25-23(18-8-3-1-4-9-18)19-10-5-2-6-11-19/h1-6,8-11,15,21,23H,7,12-14,16-17H2,(H,25,32). The molecule has 2 saturated heterocycles. The lowest BCUT2D eigenvalue weighted by molar-refractivity contribution is -0.128. The third kappa shape index (κ3) is 4.21. The minimum absolute atomic E-state index is 0.0954. The largest absolute Gasteiger partial charge is 0.337 e. The topological polar surface area (TPSA) is 83.4 Å². The SMILES string of the molecule is O=C1CCCN1Cc1cn(C2CN(C(=O)NC(c3ccccc3)c3ccccc3)C2)nn1. The second-order valence-electron chi connectivity index (χ2n) is 8.37. The quantitative estimate of drug-likeness (QED) is 0.652. The third-order valence-corrected chi connectivity index (χ3v) is 6.14. The fourth-order valence-electron chi connectivity index (χ4n) is 4.28. The average Bonchev–Trinajstić information content (AvgIpc) is 3.41. The number of amides is 3. The van der Waals surface area contributed by atoms with E-state index in [-0.39, 0.29) is 24.0 Å². The average molecular weight is 431 g/mol. The van der Waals surface area contributed by atoms with E-state index in [0.29, 0.717) is 26.1 Å². The number of nitrogens with zero attached hydrogens (tertiary/aromatic N) is 5. The molecule has 0 atom stereocenters. The maximum Gasteiger partial charge on any atom is 0.318 e. The van der Waals surface area contributed by atoms with Crippen LogP contribution in [0.25, 0.3) is 0 Å². The Morgan fingerprint density at radius 2 is 1.69 bits per heavy atom. The summed E-state index contributed by atoms with van der Waals surface area (Å²) >= 11 is 0. The first kappa shape index (κ1) is 20.2. The molecule has 8 heteroatoms. The van der Waals surface area contributed by atoms with Crippen molar-refractivity contribution in [3.05, 3.63) is 83.7 Å². The number of urea groups is 1. The van der Waals surface area contributed by atoms with Gasteiger partial charge in [0.1, 0.15) is 5.69 Å². The van der Waals surface area contributed by atoms with Gasteiger partial charge in [0.15, 0.2) is 0 Å². The van der Waals surface area contributed by atoms with Gasteiger partial charge in [0.05, 0.1) is 24.8 Å². The van der Waals surface area contributed by atoms with E-state index in [2.05, 4.69) is 15.6 Å². The molecule has 3 amide bonds. The van der Waals surface area contributed by atoms with E-state index < -0.39 is 0 Å². The number of nitrogens with one attached hydrogen (secondary N) is 1. The Hall–Kier alpha value is -3.68. The highest BCUT2D eigenvalue weighted by atomic mass is 16.2. The highest BCUT2D eigenvalue weighted by Crippen LogP contribution is 2.25. The Bertz CT molecular complexity index is 1040. The molecule has 3 heterocycles. The van der Waals surface area contributed by atoms with Crippen molar-refractivity contribution in [2.24, 2.45) is 0 Å². The van der Waals surface area contributed by atoms with Crippen LogP contribution in [-0.4, -0.2) is 56.4 Å². The van der Waals surface area contributed by atoms with Gasteiger partial charge < -0.3 is 15.1 Å². The summed E-state index contributed by atoms with van der Waals surface area (Å²) in [7, 11) is 0. The second kappa shape index (κ2) is 8.82. The van der Waals surface area contributed by atoms with Gasteiger partial charge in [0.2, 0.25) is 5.91 Å². The number of aromatic nitrogens is 3. The number of likely N-dealkylation sites (tertiary alicyclic amines) is 2. The zero-order valence-corrected chi connectivity index (χ0v) is 17.8. The summed E-state index contributed by atoms with van der Waals surface area (Å²) in [5.41, 5.74) is 2.87. The summed E-state index contributed by atoms with van der Waals surface area (Å²) in [6.45, 7) is 2.44. The van der Waals surface area contributed by atoms with Crippen molar-refractivity contribution >= 4 is 11.9 Å². The van der Waals surface area contributed by atoms with Gasteiger partial charge in [-0.2, -0.15) is 0 Å². The molecular weight excluding hydrogens is 404 g/mol. The highest BCUT2D eigenvalue weighted by molar-refractivity contribution is 5.78. The summed E-state index contributed by atoms with van der Waals surface area (Å²) in [4.78, 5) is 28.4. The molecule has 2 aliphatic rings. The van der Waals surface area contributed by atoms with Gasteiger partial charge in [-0.15, -0.1) is 5.10 Å². The summed E-state index contributed by atoms with van der Waals surface area (Å²) in [5, 5.41) is 11.6. The number of rotatable bonds is 6. The second-order valence-corrected chi connectivity index (χ2v) is 8.37. The van der Waals surface area contributed by atoms with Crippen molar-refractivity contribution in [2.45, 2.75) is 31.5 Å². The third-order valence-electron chi connectivity index (χ3n) is 6.14. The molecule has 1 aromatic heterocycles. The summed E-state index contributed by atoms with van der Waals surface area (Å²) in [6, 6.07) is 19.8. The Morgan fingerprint density at radius 3 is 2.28 bits per heavy atom. The van der Waals surface area contributed by atoms with Crippen molar-refractivity contribution in [3.63, 3.8) is 0 Å². The van der Waals surface area contributed by atoms with Crippen LogP contribution in [0.1, 0.15) is 41.7 Å². The van der Waals surface area contributed by atoms with E-state index in [1.165, 1.54) is 0 Å². The molecule has 164 valence electrons. The minimum atomic E-state index is -0.208. The van der Waals surface area contributed by atoms with Gasteiger partial charge in [-0.1, -0.05) is 65.9 Å². The van der Waals surface area contributed by atoms with Crippen LogP contribution in [0.2, 0.25) is 0 Å². The van der Waals surface area contributed by atoms with Crippen LogP contribution in [0.15, 0.2) is 66.9 Å². The Kier molecular flexibility index (Phi) is 5.58. The van der Waals surface area contributed by atoms with Gasteiger partial charge >= 0.3 is 6.03 Å². The predicted molar refractivity (Wildman–Crippen MR) is 119 cm³/mol. The molecule has 2 fully saturated rings. The Morgan fingerprint density at radius 1 is 1.03 bits per heavy atom. The molecule has 2 aliphatic heterocycles. The lowest BCUT2D eigenvalue weighted by Gasteiger charge is -2.39. The summed E-state index contributed by atoms with van der Waals surface area (Å²) in [5.74, 6) is 0.178. The number of benzene rings is 2. The van der Waals surface area contributed by atoms with Gasteiger partial charge in [0.25, 0.3) is 0 Å². The van der Waals surface area contributed by atoms with Crippen LogP contribution in [0.4, 0.5) is 4.79 Å². The molecule has 0 aliphatic carbocycles. The fraction of sp³-hybridized carbons (Fsp3) is 0.333. The van der Waals surface area contributed by atoms with Crippen LogP contribution in [0, 0.1) is 0 Å². The number of hydrogen-bond donors (Lipinski definition) is 1. The van der Waals surface area contributed by atoms with E-state index in [1.807, 2.05) is 76.4 Å². The molecule has 0 spiro atoms. The van der Waals surface area contributed by atoms with Crippen LogP contribution in [0.5, 0.6) is 0 Å². The summed E-state index contributed by atoms with van der Waals surface area (Å²) in [6.07, 6.45) is 3.42. The van der Waals surface area contributed by atoms with E-state index >= 15 is 0 Å². The van der Waals surface area contributed by atoms with Crippen molar-refractivity contribution in [1.29, 1.82) is 0 Å². The van der Waals surface area contributed by atoms with Crippen LogP contribution in [-0.2, 0) is 11.3 Å². The maximum absolute atomic E-state index is 13.0. The molecule has 0 unspecified atom stereocenters. The van der Waals surface area contributed by atoms with Gasteiger partial charge in [-0.05, 0) is 17.5 Å². The first-order chi connectivity index (χ1) is 15.7. The molecule has 1 N–H and O–H groups in total. The van der Waals surface area contributed by atoms with Crippen molar-refractivity contribution in [1.82, 2.24) is 30.1 Å². The van der Waals surface area contributed by atoms with Gasteiger partial charge in [-0.3, -0.25) is 4.79 Å². The molecular formula is C24H26N6O2. The number of hydrogen-bond acceptors (Lipinski definition) is 4. The van der Waals surface area contributed by atoms with E-state index in [0.717, 1.165) is 29.8 Å².